The summed E-state index contributed by atoms with van der Waals surface area (Å²) in [4.78, 5) is 9.22. The number of hydrogen-bond acceptors (Lipinski definition) is 2. The fourth-order valence-electron chi connectivity index (χ4n) is 2.40. The van der Waals surface area contributed by atoms with Crippen molar-refractivity contribution < 1.29 is 0 Å². The number of aromatic nitrogens is 3. The van der Waals surface area contributed by atoms with Crippen LogP contribution in [0.3, 0.4) is 0 Å². The van der Waals surface area contributed by atoms with E-state index >= 15 is 0 Å². The van der Waals surface area contributed by atoms with Crippen LogP contribution in [0, 0.1) is 6.92 Å². The number of hydrogen-bond donors (Lipinski definition) is 0. The molecular weight excluding hydrogens is 222 g/mol. The van der Waals surface area contributed by atoms with Gasteiger partial charge in [-0.05, 0) is 30.7 Å². The molecule has 0 aliphatic rings. The summed E-state index contributed by atoms with van der Waals surface area (Å²) in [6.45, 7) is 2.08. The smallest absolute Gasteiger partial charge is 0.138 e. The predicted octanol–water partition coefficient (Wildman–Crippen LogP) is 3.34. The van der Waals surface area contributed by atoms with Crippen molar-refractivity contribution in [1.82, 2.24) is 14.4 Å². The molecule has 0 amide bonds. The van der Waals surface area contributed by atoms with E-state index in [0.29, 0.717) is 0 Å². The fourth-order valence-corrected chi connectivity index (χ4v) is 2.40. The molecule has 86 valence electrons. The van der Waals surface area contributed by atoms with Crippen molar-refractivity contribution in [3.8, 4) is 0 Å². The Hall–Kier alpha value is -2.42. The molecule has 0 aliphatic heterocycles. The van der Waals surface area contributed by atoms with Crippen molar-refractivity contribution in [1.29, 1.82) is 0 Å². The number of nitrogens with zero attached hydrogens (tertiary/aromatic N) is 3. The molecule has 4 aromatic rings. The molecule has 0 saturated carbocycles. The molecule has 0 unspecified atom stereocenters. The van der Waals surface area contributed by atoms with Gasteiger partial charge < -0.3 is 0 Å². The number of benzene rings is 1. The highest BCUT2D eigenvalue weighted by Gasteiger charge is 2.08. The molecule has 0 spiro atoms. The topological polar surface area (TPSA) is 30.2 Å². The molecule has 3 aromatic heterocycles. The van der Waals surface area contributed by atoms with Crippen LogP contribution in [-0.2, 0) is 0 Å². The molecule has 1 aromatic carbocycles. The second kappa shape index (κ2) is 3.29. The van der Waals surface area contributed by atoms with Crippen LogP contribution in [0.2, 0.25) is 0 Å². The van der Waals surface area contributed by atoms with Crippen molar-refractivity contribution in [3.63, 3.8) is 0 Å². The number of para-hydroxylation sites is 1. The van der Waals surface area contributed by atoms with E-state index in [1.165, 1.54) is 5.56 Å². The van der Waals surface area contributed by atoms with Gasteiger partial charge in [-0.15, -0.1) is 0 Å². The summed E-state index contributed by atoms with van der Waals surface area (Å²) < 4.78 is 2.09. The maximum Gasteiger partial charge on any atom is 0.138 e. The van der Waals surface area contributed by atoms with Crippen LogP contribution in [0.15, 0.2) is 48.8 Å². The van der Waals surface area contributed by atoms with Gasteiger partial charge in [-0.1, -0.05) is 18.2 Å². The first kappa shape index (κ1) is 9.59. The van der Waals surface area contributed by atoms with Gasteiger partial charge in [0.1, 0.15) is 11.2 Å². The van der Waals surface area contributed by atoms with E-state index in [1.807, 2.05) is 24.4 Å². The third kappa shape index (κ3) is 1.19. The highest BCUT2D eigenvalue weighted by Crippen LogP contribution is 2.24. The van der Waals surface area contributed by atoms with E-state index in [2.05, 4.69) is 40.7 Å². The number of imidazole rings is 1. The first-order chi connectivity index (χ1) is 8.83. The lowest BCUT2D eigenvalue weighted by Crippen LogP contribution is -1.85. The van der Waals surface area contributed by atoms with Gasteiger partial charge in [0.15, 0.2) is 0 Å². The van der Waals surface area contributed by atoms with Crippen LogP contribution in [0.1, 0.15) is 5.56 Å². The summed E-state index contributed by atoms with van der Waals surface area (Å²) in [5, 5.41) is 1.11. The molecule has 0 aliphatic carbocycles. The van der Waals surface area contributed by atoms with E-state index in [0.717, 1.165) is 27.6 Å². The Morgan fingerprint density at radius 2 is 2.00 bits per heavy atom. The summed E-state index contributed by atoms with van der Waals surface area (Å²) in [6, 6.07) is 12.3. The molecule has 0 saturated heterocycles. The Bertz CT molecular complexity index is 890. The average Bonchev–Trinajstić information content (AvgIpc) is 2.76. The third-order valence-corrected chi connectivity index (χ3v) is 3.30. The minimum absolute atomic E-state index is 0.975. The number of rotatable bonds is 0. The molecule has 0 bridgehead atoms. The normalized spacial score (nSPS) is 11.6. The van der Waals surface area contributed by atoms with Crippen LogP contribution in [0.5, 0.6) is 0 Å². The molecule has 3 heterocycles. The Kier molecular flexibility index (Phi) is 1.75. The predicted molar refractivity (Wildman–Crippen MR) is 72.7 cm³/mol. The van der Waals surface area contributed by atoms with E-state index in [9.17, 15) is 0 Å². The highest BCUT2D eigenvalue weighted by atomic mass is 15.0. The van der Waals surface area contributed by atoms with Crippen LogP contribution in [0.4, 0.5) is 0 Å². The largest absolute Gasteiger partial charge is 0.298 e. The summed E-state index contributed by atoms with van der Waals surface area (Å²) in [5.74, 6) is 0. The van der Waals surface area contributed by atoms with Crippen molar-refractivity contribution in [2.45, 2.75) is 6.92 Å². The lowest BCUT2D eigenvalue weighted by atomic mass is 10.2. The molecule has 0 fully saturated rings. The number of aryl methyl sites for hydroxylation is 1. The van der Waals surface area contributed by atoms with Gasteiger partial charge in [-0.3, -0.25) is 9.38 Å². The Balaban J connectivity index is 2.29. The quantitative estimate of drug-likeness (QED) is 0.466. The number of pyridine rings is 2. The summed E-state index contributed by atoms with van der Waals surface area (Å²) in [7, 11) is 0. The van der Waals surface area contributed by atoms with Crippen LogP contribution >= 0.6 is 0 Å². The van der Waals surface area contributed by atoms with E-state index in [-0.39, 0.29) is 0 Å². The third-order valence-electron chi connectivity index (χ3n) is 3.30. The second-order valence-electron chi connectivity index (χ2n) is 4.55. The molecule has 0 radical (unpaired) electrons. The molecule has 18 heavy (non-hydrogen) atoms. The second-order valence-corrected chi connectivity index (χ2v) is 4.55. The van der Waals surface area contributed by atoms with Gasteiger partial charge >= 0.3 is 0 Å². The molecule has 3 nitrogen and oxygen atoms in total. The van der Waals surface area contributed by atoms with Gasteiger partial charge in [0, 0.05) is 11.6 Å². The number of fused-ring (bicyclic) bond motifs is 5. The average molecular weight is 233 g/mol. The molecular formula is C15H11N3. The minimum atomic E-state index is 0.975. The maximum atomic E-state index is 4.73. The standard InChI is InChI=1S/C15H11N3/c1-10-6-7-18-13-9-16-12-5-3-2-4-11(12)15(13)17-14(18)8-10/h2-9H,1H3. The van der Waals surface area contributed by atoms with Crippen molar-refractivity contribution in [2.24, 2.45) is 0 Å². The van der Waals surface area contributed by atoms with Gasteiger partial charge in [0.05, 0.1) is 17.2 Å². The molecule has 4 rings (SSSR count). The van der Waals surface area contributed by atoms with Crippen LogP contribution < -0.4 is 0 Å². The zero-order chi connectivity index (χ0) is 12.1. The zero-order valence-corrected chi connectivity index (χ0v) is 9.96. The SMILES string of the molecule is Cc1ccn2c(c1)nc1c3ccccc3ncc12. The molecule has 0 atom stereocenters. The minimum Gasteiger partial charge on any atom is -0.298 e. The monoisotopic (exact) mass is 233 g/mol. The van der Waals surface area contributed by atoms with Crippen molar-refractivity contribution >= 4 is 27.6 Å². The first-order valence-corrected chi connectivity index (χ1v) is 5.95. The van der Waals surface area contributed by atoms with E-state index < -0.39 is 0 Å². The van der Waals surface area contributed by atoms with Crippen LogP contribution in [0.25, 0.3) is 27.6 Å². The lowest BCUT2D eigenvalue weighted by molar-refractivity contribution is 1.20. The highest BCUT2D eigenvalue weighted by molar-refractivity contribution is 6.03. The Morgan fingerprint density at radius 1 is 1.11 bits per heavy atom. The summed E-state index contributed by atoms with van der Waals surface area (Å²) >= 11 is 0. The van der Waals surface area contributed by atoms with Crippen molar-refractivity contribution in [3.05, 3.63) is 54.4 Å². The van der Waals surface area contributed by atoms with Crippen LogP contribution in [-0.4, -0.2) is 14.4 Å². The van der Waals surface area contributed by atoms with Gasteiger partial charge in [-0.25, -0.2) is 4.98 Å². The molecule has 3 heteroatoms. The first-order valence-electron chi connectivity index (χ1n) is 5.95. The Labute approximate surface area is 104 Å². The van der Waals surface area contributed by atoms with Gasteiger partial charge in [0.25, 0.3) is 0 Å². The molecule has 0 N–H and O–H groups in total. The Morgan fingerprint density at radius 3 is 2.94 bits per heavy atom. The van der Waals surface area contributed by atoms with Gasteiger partial charge in [-0.2, -0.15) is 0 Å². The van der Waals surface area contributed by atoms with Crippen molar-refractivity contribution in [2.75, 3.05) is 0 Å². The maximum absolute atomic E-state index is 4.73. The fraction of sp³-hybridized carbons (Fsp3) is 0.0667. The summed E-state index contributed by atoms with van der Waals surface area (Å²) in [6.07, 6.45) is 3.95. The lowest BCUT2D eigenvalue weighted by Gasteiger charge is -1.98. The van der Waals surface area contributed by atoms with Gasteiger partial charge in [0.2, 0.25) is 0 Å². The van der Waals surface area contributed by atoms with E-state index in [1.54, 1.807) is 0 Å². The zero-order valence-electron chi connectivity index (χ0n) is 9.96. The van der Waals surface area contributed by atoms with E-state index in [4.69, 9.17) is 4.98 Å². The summed E-state index contributed by atoms with van der Waals surface area (Å²) in [5.41, 5.74) is 5.26.